The second-order valence-electron chi connectivity index (χ2n) is 5.09. The quantitative estimate of drug-likeness (QED) is 0.650. The highest BCUT2D eigenvalue weighted by atomic mass is 16.6. The first-order valence-electron chi connectivity index (χ1n) is 6.43. The van der Waals surface area contributed by atoms with Crippen LogP contribution in [-0.2, 0) is 0 Å². The van der Waals surface area contributed by atoms with Crippen molar-refractivity contribution in [1.29, 1.82) is 0 Å². The molecule has 1 aliphatic heterocycles. The van der Waals surface area contributed by atoms with Crippen LogP contribution in [0.25, 0.3) is 0 Å². The number of nitro benzene ring substituents is 1. The molecule has 0 aromatic heterocycles. The average Bonchev–Trinajstić information content (AvgIpc) is 2.38. The van der Waals surface area contributed by atoms with Gasteiger partial charge >= 0.3 is 0 Å². The van der Waals surface area contributed by atoms with Crippen LogP contribution >= 0.6 is 0 Å². The molecule has 2 rings (SSSR count). The number of nitrogens with zero attached hydrogens (tertiary/aromatic N) is 3. The molecule has 1 atom stereocenters. The first-order valence-corrected chi connectivity index (χ1v) is 6.43. The Labute approximate surface area is 112 Å². The topological polar surface area (TPSA) is 75.6 Å². The van der Waals surface area contributed by atoms with Crippen molar-refractivity contribution in [1.82, 2.24) is 4.90 Å². The van der Waals surface area contributed by atoms with Gasteiger partial charge in [-0.25, -0.2) is 0 Å². The molecule has 2 N–H and O–H groups in total. The molecule has 1 saturated heterocycles. The molecule has 104 valence electrons. The summed E-state index contributed by atoms with van der Waals surface area (Å²) in [5, 5.41) is 11.2. The summed E-state index contributed by atoms with van der Waals surface area (Å²) in [6, 6.07) is 5.36. The normalized spacial score (nSPS) is 20.6. The third-order valence-corrected chi connectivity index (χ3v) is 3.59. The Morgan fingerprint density at radius 1 is 1.47 bits per heavy atom. The lowest BCUT2D eigenvalue weighted by molar-refractivity contribution is -0.384. The van der Waals surface area contributed by atoms with Gasteiger partial charge in [-0.1, -0.05) is 6.07 Å². The number of hydrogen-bond acceptors (Lipinski definition) is 5. The maximum absolute atomic E-state index is 11.2. The summed E-state index contributed by atoms with van der Waals surface area (Å²) in [5.41, 5.74) is 7.69. The SMILES string of the molecule is Cc1ccc([N+](=O)[O-])c(N2CCN(C)CC2CN)c1. The minimum atomic E-state index is -0.319. The molecular formula is C13H20N4O2. The highest BCUT2D eigenvalue weighted by Crippen LogP contribution is 2.31. The Balaban J connectivity index is 2.39. The number of aryl methyl sites for hydroxylation is 1. The monoisotopic (exact) mass is 264 g/mol. The molecular weight excluding hydrogens is 244 g/mol. The van der Waals surface area contributed by atoms with Gasteiger partial charge in [0, 0.05) is 32.2 Å². The number of anilines is 1. The molecule has 1 aromatic rings. The van der Waals surface area contributed by atoms with Crippen LogP contribution in [0.15, 0.2) is 18.2 Å². The molecule has 0 bridgehead atoms. The number of piperazine rings is 1. The van der Waals surface area contributed by atoms with Crippen molar-refractivity contribution in [2.24, 2.45) is 5.73 Å². The van der Waals surface area contributed by atoms with Gasteiger partial charge in [0.15, 0.2) is 0 Å². The molecule has 0 spiro atoms. The number of rotatable bonds is 3. The van der Waals surface area contributed by atoms with Crippen LogP contribution < -0.4 is 10.6 Å². The molecule has 1 unspecified atom stereocenters. The standard InChI is InChI=1S/C13H20N4O2/c1-10-3-4-12(17(18)19)13(7-10)16-6-5-15(2)9-11(16)8-14/h3-4,7,11H,5-6,8-9,14H2,1-2H3. The van der Waals surface area contributed by atoms with E-state index >= 15 is 0 Å². The lowest BCUT2D eigenvalue weighted by Gasteiger charge is -2.40. The van der Waals surface area contributed by atoms with Gasteiger partial charge in [-0.05, 0) is 25.6 Å². The van der Waals surface area contributed by atoms with Gasteiger partial charge in [0.2, 0.25) is 0 Å². The van der Waals surface area contributed by atoms with Crippen molar-refractivity contribution >= 4 is 11.4 Å². The molecule has 0 saturated carbocycles. The van der Waals surface area contributed by atoms with E-state index in [0.29, 0.717) is 12.2 Å². The maximum Gasteiger partial charge on any atom is 0.292 e. The van der Waals surface area contributed by atoms with E-state index in [1.807, 2.05) is 20.0 Å². The summed E-state index contributed by atoms with van der Waals surface area (Å²) >= 11 is 0. The van der Waals surface area contributed by atoms with Crippen LogP contribution in [0, 0.1) is 17.0 Å². The smallest absolute Gasteiger partial charge is 0.292 e. The number of likely N-dealkylation sites (N-methyl/N-ethyl adjacent to an activating group) is 1. The summed E-state index contributed by atoms with van der Waals surface area (Å²) < 4.78 is 0. The predicted octanol–water partition coefficient (Wildman–Crippen LogP) is 0.982. The molecule has 1 fully saturated rings. The summed E-state index contributed by atoms with van der Waals surface area (Å²) in [6.07, 6.45) is 0. The summed E-state index contributed by atoms with van der Waals surface area (Å²) in [5.74, 6) is 0. The molecule has 1 heterocycles. The number of hydrogen-bond donors (Lipinski definition) is 1. The molecule has 1 aromatic carbocycles. The Kier molecular flexibility index (Phi) is 4.01. The zero-order valence-electron chi connectivity index (χ0n) is 11.4. The zero-order valence-corrected chi connectivity index (χ0v) is 11.4. The first kappa shape index (κ1) is 13.8. The van der Waals surface area contributed by atoms with Crippen LogP contribution in [0.1, 0.15) is 5.56 Å². The van der Waals surface area contributed by atoms with Crippen molar-refractivity contribution in [3.63, 3.8) is 0 Å². The van der Waals surface area contributed by atoms with Crippen molar-refractivity contribution in [2.45, 2.75) is 13.0 Å². The Morgan fingerprint density at radius 3 is 2.84 bits per heavy atom. The number of nitrogens with two attached hydrogens (primary N) is 1. The maximum atomic E-state index is 11.2. The largest absolute Gasteiger partial charge is 0.359 e. The highest BCUT2D eigenvalue weighted by molar-refractivity contribution is 5.65. The van der Waals surface area contributed by atoms with Gasteiger partial charge in [-0.15, -0.1) is 0 Å². The van der Waals surface area contributed by atoms with Gasteiger partial charge in [-0.2, -0.15) is 0 Å². The van der Waals surface area contributed by atoms with Gasteiger partial charge in [0.05, 0.1) is 11.0 Å². The number of benzene rings is 1. The van der Waals surface area contributed by atoms with E-state index in [1.54, 1.807) is 12.1 Å². The predicted molar refractivity (Wildman–Crippen MR) is 75.5 cm³/mol. The third kappa shape index (κ3) is 2.85. The Bertz CT molecular complexity index is 478. The highest BCUT2D eigenvalue weighted by Gasteiger charge is 2.29. The fourth-order valence-corrected chi connectivity index (χ4v) is 2.55. The molecule has 6 nitrogen and oxygen atoms in total. The third-order valence-electron chi connectivity index (χ3n) is 3.59. The van der Waals surface area contributed by atoms with Crippen molar-refractivity contribution < 1.29 is 4.92 Å². The molecule has 0 radical (unpaired) electrons. The van der Waals surface area contributed by atoms with E-state index in [0.717, 1.165) is 25.2 Å². The van der Waals surface area contributed by atoms with E-state index in [1.165, 1.54) is 0 Å². The van der Waals surface area contributed by atoms with Crippen molar-refractivity contribution in [2.75, 3.05) is 38.1 Å². The van der Waals surface area contributed by atoms with Gasteiger partial charge in [-0.3, -0.25) is 10.1 Å². The summed E-state index contributed by atoms with van der Waals surface area (Å²) in [4.78, 5) is 15.1. The number of nitro groups is 1. The summed E-state index contributed by atoms with van der Waals surface area (Å²) in [7, 11) is 2.05. The molecule has 0 aliphatic carbocycles. The second-order valence-corrected chi connectivity index (χ2v) is 5.09. The Morgan fingerprint density at radius 2 is 2.21 bits per heavy atom. The minimum absolute atomic E-state index is 0.124. The fourth-order valence-electron chi connectivity index (χ4n) is 2.55. The van der Waals surface area contributed by atoms with Crippen molar-refractivity contribution in [3.8, 4) is 0 Å². The minimum Gasteiger partial charge on any atom is -0.359 e. The molecule has 1 aliphatic rings. The molecule has 0 amide bonds. The van der Waals surface area contributed by atoms with Gasteiger partial charge in [0.1, 0.15) is 5.69 Å². The van der Waals surface area contributed by atoms with Crippen molar-refractivity contribution in [3.05, 3.63) is 33.9 Å². The van der Waals surface area contributed by atoms with E-state index in [9.17, 15) is 10.1 Å². The molecule has 19 heavy (non-hydrogen) atoms. The van der Waals surface area contributed by atoms with Crippen LogP contribution in [0.2, 0.25) is 0 Å². The average molecular weight is 264 g/mol. The van der Waals surface area contributed by atoms with E-state index in [4.69, 9.17) is 5.73 Å². The van der Waals surface area contributed by atoms with Gasteiger partial charge < -0.3 is 15.5 Å². The van der Waals surface area contributed by atoms with Crippen LogP contribution in [-0.4, -0.2) is 49.1 Å². The van der Waals surface area contributed by atoms with Crippen LogP contribution in [0.3, 0.4) is 0 Å². The lowest BCUT2D eigenvalue weighted by Crippen LogP contribution is -2.55. The van der Waals surface area contributed by atoms with Crippen LogP contribution in [0.4, 0.5) is 11.4 Å². The fraction of sp³-hybridized carbons (Fsp3) is 0.538. The van der Waals surface area contributed by atoms with E-state index in [2.05, 4.69) is 9.80 Å². The first-order chi connectivity index (χ1) is 9.02. The van der Waals surface area contributed by atoms with Crippen LogP contribution in [0.5, 0.6) is 0 Å². The second kappa shape index (κ2) is 5.54. The van der Waals surface area contributed by atoms with E-state index in [-0.39, 0.29) is 16.7 Å². The lowest BCUT2D eigenvalue weighted by atomic mass is 10.1. The Hall–Kier alpha value is -1.66. The summed E-state index contributed by atoms with van der Waals surface area (Å²) in [6.45, 7) is 4.93. The van der Waals surface area contributed by atoms with E-state index < -0.39 is 0 Å². The van der Waals surface area contributed by atoms with Gasteiger partial charge in [0.25, 0.3) is 5.69 Å². The molecule has 6 heteroatoms. The zero-order chi connectivity index (χ0) is 14.0.